The molecule has 12 heavy (non-hydrogen) atoms. The fourth-order valence-corrected chi connectivity index (χ4v) is 0.750. The van der Waals surface area contributed by atoms with E-state index in [1.165, 1.54) is 7.11 Å². The maximum absolute atomic E-state index is 10.6. The molecule has 0 heterocycles. The highest BCUT2D eigenvalue weighted by atomic mass is 16.5. The van der Waals surface area contributed by atoms with Crippen LogP contribution in [0.3, 0.4) is 0 Å². The quantitative estimate of drug-likeness (QED) is 0.634. The Morgan fingerprint density at radius 2 is 2.08 bits per heavy atom. The zero-order chi connectivity index (χ0) is 8.81. The number of carbonyl (C=O) groups is 1. The summed E-state index contributed by atoms with van der Waals surface area (Å²) < 4.78 is 4.39. The maximum Gasteiger partial charge on any atom is 0.394 e. The summed E-state index contributed by atoms with van der Waals surface area (Å²) in [5.41, 5.74) is 0.933. The SMILES string of the molecule is COC(=O)N[B]c1ccccc1. The Kier molecular flexibility index (Phi) is 3.20. The lowest BCUT2D eigenvalue weighted by Gasteiger charge is -2.00. The standard InChI is InChI=1S/C8H9BNO2/c1-12-8(11)10-9-7-5-3-2-4-6-7/h2-6H,1H3,(H,10,11). The predicted molar refractivity (Wildman–Crippen MR) is 47.4 cm³/mol. The van der Waals surface area contributed by atoms with Crippen molar-refractivity contribution in [2.45, 2.75) is 0 Å². The van der Waals surface area contributed by atoms with Gasteiger partial charge in [0.2, 0.25) is 0 Å². The van der Waals surface area contributed by atoms with Gasteiger partial charge in [0.05, 0.1) is 7.11 Å². The summed E-state index contributed by atoms with van der Waals surface area (Å²) in [7, 11) is 2.92. The van der Waals surface area contributed by atoms with Crippen molar-refractivity contribution >= 4 is 19.0 Å². The van der Waals surface area contributed by atoms with Crippen molar-refractivity contribution in [2.75, 3.05) is 7.11 Å². The number of rotatable bonds is 2. The van der Waals surface area contributed by atoms with E-state index in [1.807, 2.05) is 30.3 Å². The van der Waals surface area contributed by atoms with Gasteiger partial charge in [0.15, 0.2) is 0 Å². The number of benzene rings is 1. The van der Waals surface area contributed by atoms with E-state index in [9.17, 15) is 4.79 Å². The molecule has 1 amide bonds. The molecule has 0 spiro atoms. The molecule has 0 aromatic heterocycles. The fourth-order valence-electron chi connectivity index (χ4n) is 0.750. The summed E-state index contributed by atoms with van der Waals surface area (Å²) >= 11 is 0. The van der Waals surface area contributed by atoms with Crippen LogP contribution in [0.4, 0.5) is 4.79 Å². The Morgan fingerprint density at radius 3 is 2.67 bits per heavy atom. The molecule has 0 aliphatic heterocycles. The Labute approximate surface area is 72.0 Å². The van der Waals surface area contributed by atoms with Crippen molar-refractivity contribution in [3.8, 4) is 0 Å². The van der Waals surface area contributed by atoms with Gasteiger partial charge in [-0.3, -0.25) is 0 Å². The van der Waals surface area contributed by atoms with Gasteiger partial charge in [-0.15, -0.1) is 0 Å². The Bertz CT molecular complexity index is 250. The molecule has 0 aliphatic carbocycles. The molecule has 1 aromatic carbocycles. The Hall–Kier alpha value is -1.45. The average Bonchev–Trinajstić information content (AvgIpc) is 2.16. The van der Waals surface area contributed by atoms with Crippen LogP contribution in [0.1, 0.15) is 0 Å². The van der Waals surface area contributed by atoms with Crippen molar-refractivity contribution in [1.82, 2.24) is 5.23 Å². The zero-order valence-electron chi connectivity index (χ0n) is 6.78. The van der Waals surface area contributed by atoms with Gasteiger partial charge in [0.25, 0.3) is 7.41 Å². The molecule has 0 aliphatic rings. The van der Waals surface area contributed by atoms with Crippen molar-refractivity contribution in [2.24, 2.45) is 0 Å². The monoisotopic (exact) mass is 162 g/mol. The summed E-state index contributed by atoms with van der Waals surface area (Å²) in [6.45, 7) is 0. The molecule has 0 unspecified atom stereocenters. The first-order valence-electron chi connectivity index (χ1n) is 3.55. The summed E-state index contributed by atoms with van der Waals surface area (Å²) in [5.74, 6) is 0. The van der Waals surface area contributed by atoms with Gasteiger partial charge in [0.1, 0.15) is 0 Å². The molecule has 1 N–H and O–H groups in total. The number of nitrogens with one attached hydrogen (secondary N) is 1. The lowest BCUT2D eigenvalue weighted by atomic mass is 9.83. The van der Waals surface area contributed by atoms with Gasteiger partial charge in [-0.25, -0.2) is 4.79 Å². The zero-order valence-corrected chi connectivity index (χ0v) is 6.78. The summed E-state index contributed by atoms with van der Waals surface area (Å²) in [4.78, 5) is 10.6. The van der Waals surface area contributed by atoms with Crippen LogP contribution in [0.5, 0.6) is 0 Å². The second-order valence-corrected chi connectivity index (χ2v) is 2.19. The molecule has 1 rings (SSSR count). The molecular formula is C8H9BNO2. The fraction of sp³-hybridized carbons (Fsp3) is 0.125. The highest BCUT2D eigenvalue weighted by Gasteiger charge is 1.99. The van der Waals surface area contributed by atoms with Gasteiger partial charge in [-0.2, -0.15) is 0 Å². The second-order valence-electron chi connectivity index (χ2n) is 2.19. The third-order valence-corrected chi connectivity index (χ3v) is 1.34. The largest absolute Gasteiger partial charge is 0.454 e. The first-order chi connectivity index (χ1) is 5.83. The van der Waals surface area contributed by atoms with Gasteiger partial charge in [0, 0.05) is 0 Å². The van der Waals surface area contributed by atoms with E-state index >= 15 is 0 Å². The Morgan fingerprint density at radius 1 is 1.42 bits per heavy atom. The predicted octanol–water partition coefficient (Wildman–Crippen LogP) is 0.287. The Balaban J connectivity index is 2.38. The van der Waals surface area contributed by atoms with E-state index < -0.39 is 6.09 Å². The van der Waals surface area contributed by atoms with Crippen LogP contribution in [0.25, 0.3) is 0 Å². The number of hydrogen-bond acceptors (Lipinski definition) is 2. The smallest absolute Gasteiger partial charge is 0.394 e. The van der Waals surface area contributed by atoms with Crippen LogP contribution in [0.15, 0.2) is 30.3 Å². The molecule has 0 saturated heterocycles. The van der Waals surface area contributed by atoms with Crippen molar-refractivity contribution in [1.29, 1.82) is 0 Å². The van der Waals surface area contributed by atoms with E-state index in [0.717, 1.165) is 5.46 Å². The molecule has 1 aromatic rings. The van der Waals surface area contributed by atoms with Gasteiger partial charge in [-0.1, -0.05) is 35.8 Å². The number of carbonyl (C=O) groups excluding carboxylic acids is 1. The summed E-state index contributed by atoms with van der Waals surface area (Å²) in [5, 5.41) is 2.46. The lowest BCUT2D eigenvalue weighted by molar-refractivity contribution is 0.177. The minimum Gasteiger partial charge on any atom is -0.454 e. The molecular weight excluding hydrogens is 153 g/mol. The number of methoxy groups -OCH3 is 1. The van der Waals surface area contributed by atoms with Gasteiger partial charge in [-0.05, 0) is 0 Å². The average molecular weight is 162 g/mol. The van der Waals surface area contributed by atoms with Crippen molar-refractivity contribution in [3.63, 3.8) is 0 Å². The van der Waals surface area contributed by atoms with E-state index in [2.05, 4.69) is 9.96 Å². The van der Waals surface area contributed by atoms with Crippen molar-refractivity contribution in [3.05, 3.63) is 30.3 Å². The number of amides is 1. The normalized spacial score (nSPS) is 8.75. The molecule has 3 nitrogen and oxygen atoms in total. The number of hydrogen-bond donors (Lipinski definition) is 1. The first kappa shape index (κ1) is 8.65. The van der Waals surface area contributed by atoms with Gasteiger partial charge < -0.3 is 9.96 Å². The van der Waals surface area contributed by atoms with Crippen LogP contribution >= 0.6 is 0 Å². The third kappa shape index (κ3) is 2.66. The van der Waals surface area contributed by atoms with Crippen molar-refractivity contribution < 1.29 is 9.53 Å². The molecule has 1 radical (unpaired) electrons. The van der Waals surface area contributed by atoms with Crippen LogP contribution in [0.2, 0.25) is 0 Å². The minimum absolute atomic E-state index is 0.459. The van der Waals surface area contributed by atoms with Crippen LogP contribution in [0, 0.1) is 0 Å². The summed E-state index contributed by atoms with van der Waals surface area (Å²) in [6, 6.07) is 9.47. The topological polar surface area (TPSA) is 38.3 Å². The van der Waals surface area contributed by atoms with E-state index in [4.69, 9.17) is 0 Å². The highest BCUT2D eigenvalue weighted by molar-refractivity contribution is 6.53. The molecule has 0 bridgehead atoms. The first-order valence-corrected chi connectivity index (χ1v) is 3.55. The van der Waals surface area contributed by atoms with Crippen LogP contribution < -0.4 is 10.7 Å². The maximum atomic E-state index is 10.6. The van der Waals surface area contributed by atoms with E-state index in [1.54, 1.807) is 7.41 Å². The lowest BCUT2D eigenvalue weighted by Crippen LogP contribution is -2.35. The van der Waals surface area contributed by atoms with Crippen LogP contribution in [-0.2, 0) is 4.74 Å². The van der Waals surface area contributed by atoms with Crippen LogP contribution in [-0.4, -0.2) is 20.6 Å². The highest BCUT2D eigenvalue weighted by Crippen LogP contribution is 1.79. The molecule has 4 heteroatoms. The molecule has 0 fully saturated rings. The van der Waals surface area contributed by atoms with E-state index in [0.29, 0.717) is 0 Å². The second kappa shape index (κ2) is 4.44. The molecule has 0 saturated carbocycles. The minimum atomic E-state index is -0.459. The van der Waals surface area contributed by atoms with Gasteiger partial charge >= 0.3 is 6.09 Å². The van der Waals surface area contributed by atoms with E-state index in [-0.39, 0.29) is 0 Å². The third-order valence-electron chi connectivity index (χ3n) is 1.34. The summed E-state index contributed by atoms with van der Waals surface area (Å²) in [6.07, 6.45) is -0.459. The molecule has 0 atom stereocenters. The molecule has 61 valence electrons. The number of ether oxygens (including phenoxy) is 1.